The first-order chi connectivity index (χ1) is 19.0. The highest BCUT2D eigenvalue weighted by molar-refractivity contribution is 7.89. The molecule has 1 N–H and O–H groups in total. The highest BCUT2D eigenvalue weighted by atomic mass is 32.2. The molecule has 0 amide bonds. The Bertz CT molecular complexity index is 1900. The number of rotatable bonds is 9. The zero-order chi connectivity index (χ0) is 28.3. The average molecular weight is 611 g/mol. The van der Waals surface area contributed by atoms with Crippen molar-refractivity contribution in [1.82, 2.24) is 33.8 Å². The lowest BCUT2D eigenvalue weighted by Crippen LogP contribution is -2.35. The van der Waals surface area contributed by atoms with Crippen molar-refractivity contribution in [3.8, 4) is 17.1 Å². The molecule has 40 heavy (non-hydrogen) atoms. The molecule has 2 fully saturated rings. The Hall–Kier alpha value is -3.37. The van der Waals surface area contributed by atoms with Gasteiger partial charge in [0.15, 0.2) is 10.7 Å². The van der Waals surface area contributed by atoms with Crippen LogP contribution in [0.4, 0.5) is 8.78 Å². The predicted molar refractivity (Wildman–Crippen MR) is 138 cm³/mol. The molecule has 1 saturated heterocycles. The number of benzene rings is 1. The monoisotopic (exact) mass is 610 g/mol. The second-order valence-corrected chi connectivity index (χ2v) is 14.1. The summed E-state index contributed by atoms with van der Waals surface area (Å²) < 4.78 is 88.2. The van der Waals surface area contributed by atoms with Crippen LogP contribution in [0.15, 0.2) is 29.4 Å². The maximum atomic E-state index is 13.3. The maximum Gasteiger partial charge on any atom is 0.291 e. The van der Waals surface area contributed by atoms with E-state index in [1.54, 1.807) is 0 Å². The zero-order valence-corrected chi connectivity index (χ0v) is 22.9. The average Bonchev–Trinajstić information content (AvgIpc) is 3.22. The number of ether oxygens (including phenoxy) is 1. The highest BCUT2D eigenvalue weighted by Crippen LogP contribution is 2.39. The maximum absolute atomic E-state index is 13.3. The number of nitrogens with zero attached hydrogens (tertiary/aromatic N) is 7. The van der Waals surface area contributed by atoms with Gasteiger partial charge in [0.1, 0.15) is 18.5 Å². The first-order valence-corrected chi connectivity index (χ1v) is 15.9. The van der Waals surface area contributed by atoms with Crippen LogP contribution < -0.4 is 9.46 Å². The van der Waals surface area contributed by atoms with Gasteiger partial charge in [0, 0.05) is 18.5 Å². The summed E-state index contributed by atoms with van der Waals surface area (Å²) >= 11 is 0.614. The number of sulfonamides is 2. The zero-order valence-electron chi connectivity index (χ0n) is 20.5. The molecule has 1 aliphatic heterocycles. The van der Waals surface area contributed by atoms with Crippen molar-refractivity contribution in [2.45, 2.75) is 36.1 Å². The predicted octanol–water partition coefficient (Wildman–Crippen LogP) is 2.11. The number of alkyl halides is 2. The van der Waals surface area contributed by atoms with Crippen LogP contribution >= 0.6 is 11.3 Å². The number of nitrogens with one attached hydrogen (secondary N) is 1. The minimum absolute atomic E-state index is 0.0149. The molecule has 6 rings (SSSR count). The summed E-state index contributed by atoms with van der Waals surface area (Å²) in [7, 11) is -7.44. The van der Waals surface area contributed by atoms with E-state index in [1.807, 2.05) is 6.07 Å². The van der Waals surface area contributed by atoms with E-state index in [1.165, 1.54) is 33.4 Å². The third-order valence-electron chi connectivity index (χ3n) is 6.68. The Labute approximate surface area is 230 Å². The Kier molecular flexibility index (Phi) is 6.46. The van der Waals surface area contributed by atoms with Gasteiger partial charge >= 0.3 is 0 Å². The van der Waals surface area contributed by atoms with Crippen LogP contribution in [0, 0.1) is 11.3 Å². The van der Waals surface area contributed by atoms with E-state index in [0.29, 0.717) is 47.9 Å². The molecule has 2 aliphatic rings. The van der Waals surface area contributed by atoms with Crippen LogP contribution in [-0.4, -0.2) is 76.9 Å². The van der Waals surface area contributed by atoms with Crippen LogP contribution in [0.25, 0.3) is 27.1 Å². The van der Waals surface area contributed by atoms with Crippen LogP contribution in [0.5, 0.6) is 5.88 Å². The standard InChI is InChI=1S/C22H20F2N8O5S3/c23-17(24)20-28-29-21(38-20)32-15-10-13(40(35,36)30-22(11-25)4-5-22)2-3-14(15)16-18(32)26-12-27-19(16)37-8-7-31-6-1-9-39(31,33)34/h2-3,10,12,17,30H,1,4-9H2. The lowest BCUT2D eigenvalue weighted by Gasteiger charge is -2.14. The summed E-state index contributed by atoms with van der Waals surface area (Å²) in [6, 6.07) is 6.16. The van der Waals surface area contributed by atoms with Crippen molar-refractivity contribution >= 4 is 53.3 Å². The van der Waals surface area contributed by atoms with Gasteiger partial charge in [0.05, 0.1) is 27.6 Å². The van der Waals surface area contributed by atoms with Gasteiger partial charge in [-0.25, -0.2) is 35.6 Å². The summed E-state index contributed by atoms with van der Waals surface area (Å²) in [6.45, 7) is 0.486. The number of hydrogen-bond acceptors (Lipinski definition) is 11. The second kappa shape index (κ2) is 9.62. The molecule has 0 atom stereocenters. The molecule has 0 spiro atoms. The molecule has 18 heteroatoms. The quantitative estimate of drug-likeness (QED) is 0.296. The SMILES string of the molecule is N#CC1(NS(=O)(=O)c2ccc3c4c(OCCN5CCCS5(=O)=O)ncnc4n(-c4nnc(C(F)F)s4)c3c2)CC1. The third kappa shape index (κ3) is 4.66. The van der Waals surface area contributed by atoms with E-state index in [-0.39, 0.29) is 46.0 Å². The molecular weight excluding hydrogens is 590 g/mol. The second-order valence-electron chi connectivity index (χ2n) is 9.33. The Morgan fingerprint density at radius 2 is 2.05 bits per heavy atom. The number of fused-ring (bicyclic) bond motifs is 3. The topological polar surface area (TPSA) is 173 Å². The normalized spacial score (nSPS) is 18.4. The number of hydrogen-bond donors (Lipinski definition) is 1. The van der Waals surface area contributed by atoms with Crippen molar-refractivity contribution in [2.75, 3.05) is 25.4 Å². The molecule has 1 saturated carbocycles. The van der Waals surface area contributed by atoms with Gasteiger partial charge < -0.3 is 4.74 Å². The van der Waals surface area contributed by atoms with Gasteiger partial charge in [0.25, 0.3) is 6.43 Å². The van der Waals surface area contributed by atoms with E-state index < -0.39 is 37.0 Å². The fourth-order valence-electron chi connectivity index (χ4n) is 4.53. The minimum Gasteiger partial charge on any atom is -0.476 e. The van der Waals surface area contributed by atoms with Gasteiger partial charge in [-0.2, -0.15) is 14.3 Å². The van der Waals surface area contributed by atoms with Crippen LogP contribution in [0.3, 0.4) is 0 Å². The molecule has 13 nitrogen and oxygen atoms in total. The van der Waals surface area contributed by atoms with Crippen molar-refractivity contribution in [3.63, 3.8) is 0 Å². The molecule has 0 radical (unpaired) electrons. The smallest absolute Gasteiger partial charge is 0.291 e. The molecular formula is C22H20F2N8O5S3. The fraction of sp³-hybridized carbons (Fsp3) is 0.409. The number of aromatic nitrogens is 5. The van der Waals surface area contributed by atoms with E-state index in [2.05, 4.69) is 24.9 Å². The van der Waals surface area contributed by atoms with E-state index >= 15 is 0 Å². The van der Waals surface area contributed by atoms with Crippen molar-refractivity contribution < 1.29 is 30.4 Å². The molecule has 4 aromatic rings. The van der Waals surface area contributed by atoms with E-state index in [9.17, 15) is 30.9 Å². The highest BCUT2D eigenvalue weighted by Gasteiger charge is 2.47. The Balaban J connectivity index is 1.46. The van der Waals surface area contributed by atoms with E-state index in [4.69, 9.17) is 4.74 Å². The molecule has 210 valence electrons. The summed E-state index contributed by atoms with van der Waals surface area (Å²) in [5.41, 5.74) is -0.700. The Morgan fingerprint density at radius 3 is 2.70 bits per heavy atom. The van der Waals surface area contributed by atoms with Crippen LogP contribution in [0.2, 0.25) is 0 Å². The molecule has 1 aromatic carbocycles. The van der Waals surface area contributed by atoms with Gasteiger partial charge in [-0.1, -0.05) is 17.4 Å². The molecule has 1 aliphatic carbocycles. The van der Waals surface area contributed by atoms with Crippen LogP contribution in [0.1, 0.15) is 30.7 Å². The van der Waals surface area contributed by atoms with Gasteiger partial charge in [-0.05, 0) is 31.4 Å². The summed E-state index contributed by atoms with van der Waals surface area (Å²) in [5, 5.41) is 17.1. The summed E-state index contributed by atoms with van der Waals surface area (Å²) in [4.78, 5) is 8.35. The third-order valence-corrected chi connectivity index (χ3v) is 11.1. The molecule has 4 heterocycles. The first kappa shape index (κ1) is 26.8. The molecule has 0 unspecified atom stereocenters. The largest absolute Gasteiger partial charge is 0.476 e. The van der Waals surface area contributed by atoms with E-state index in [0.717, 1.165) is 0 Å². The lowest BCUT2D eigenvalue weighted by molar-refractivity contribution is 0.150. The van der Waals surface area contributed by atoms with Crippen molar-refractivity contribution in [3.05, 3.63) is 29.5 Å². The number of halogens is 2. The molecule has 0 bridgehead atoms. The number of nitriles is 1. The lowest BCUT2D eigenvalue weighted by atomic mass is 10.2. The van der Waals surface area contributed by atoms with Gasteiger partial charge in [-0.3, -0.25) is 4.57 Å². The first-order valence-electron chi connectivity index (χ1n) is 12.0. The van der Waals surface area contributed by atoms with Crippen molar-refractivity contribution in [2.24, 2.45) is 0 Å². The molecule has 3 aromatic heterocycles. The fourth-order valence-corrected chi connectivity index (χ4v) is 8.15. The van der Waals surface area contributed by atoms with Crippen LogP contribution in [-0.2, 0) is 20.0 Å². The van der Waals surface area contributed by atoms with Gasteiger partial charge in [0.2, 0.25) is 31.1 Å². The van der Waals surface area contributed by atoms with Gasteiger partial charge in [-0.15, -0.1) is 10.2 Å². The minimum atomic E-state index is -4.12. The Morgan fingerprint density at radius 1 is 1.25 bits per heavy atom. The summed E-state index contributed by atoms with van der Waals surface area (Å²) in [6.07, 6.45) is -0.359. The van der Waals surface area contributed by atoms with Crippen molar-refractivity contribution in [1.29, 1.82) is 5.26 Å². The summed E-state index contributed by atoms with van der Waals surface area (Å²) in [5.74, 6) is 0.176.